The van der Waals surface area contributed by atoms with Gasteiger partial charge >= 0.3 is 12.1 Å². The molecule has 0 aliphatic rings. The summed E-state index contributed by atoms with van der Waals surface area (Å²) in [6, 6.07) is 8.36. The fourth-order valence-electron chi connectivity index (χ4n) is 1.03. The molecule has 0 heterocycles. The molecule has 0 fully saturated rings. The molecule has 0 aliphatic carbocycles. The fraction of sp³-hybridized carbons (Fsp3) is 0.273. The largest absolute Gasteiger partial charge is 0.449 e. The molecule has 1 aromatic rings. The normalized spacial score (nSPS) is 9.38. The molecule has 0 radical (unpaired) electrons. The van der Waals surface area contributed by atoms with Crippen molar-refractivity contribution in [2.24, 2.45) is 0 Å². The van der Waals surface area contributed by atoms with Crippen molar-refractivity contribution in [3.63, 3.8) is 0 Å². The standard InChI is InChI=1S/C11H14N2O3/c1-3-16-11(15)13(2)10(14)12-9-7-5-4-6-8-9/h4-8H,3H2,1-2H3,(H,12,14). The van der Waals surface area contributed by atoms with E-state index in [0.717, 1.165) is 4.90 Å². The number of benzene rings is 1. The van der Waals surface area contributed by atoms with E-state index in [2.05, 4.69) is 10.1 Å². The average Bonchev–Trinajstić information content (AvgIpc) is 2.29. The summed E-state index contributed by atoms with van der Waals surface area (Å²) in [6.45, 7) is 1.92. The number of rotatable bonds is 2. The highest BCUT2D eigenvalue weighted by atomic mass is 16.6. The number of amides is 3. The molecule has 0 bridgehead atoms. The van der Waals surface area contributed by atoms with Crippen molar-refractivity contribution in [1.29, 1.82) is 0 Å². The summed E-state index contributed by atoms with van der Waals surface area (Å²) in [5.74, 6) is 0. The second kappa shape index (κ2) is 5.75. The highest BCUT2D eigenvalue weighted by Crippen LogP contribution is 2.06. The van der Waals surface area contributed by atoms with Gasteiger partial charge in [-0.25, -0.2) is 14.5 Å². The van der Waals surface area contributed by atoms with Gasteiger partial charge in [-0.05, 0) is 19.1 Å². The van der Waals surface area contributed by atoms with Gasteiger partial charge in [0.1, 0.15) is 0 Å². The molecule has 1 N–H and O–H groups in total. The highest BCUT2D eigenvalue weighted by molar-refractivity contribution is 5.98. The Kier molecular flexibility index (Phi) is 4.32. The van der Waals surface area contributed by atoms with E-state index in [0.29, 0.717) is 5.69 Å². The zero-order valence-corrected chi connectivity index (χ0v) is 9.27. The molecule has 0 saturated heterocycles. The van der Waals surface area contributed by atoms with Crippen LogP contribution in [0.5, 0.6) is 0 Å². The number of nitrogens with one attached hydrogen (secondary N) is 1. The van der Waals surface area contributed by atoms with E-state index >= 15 is 0 Å². The van der Waals surface area contributed by atoms with Crippen molar-refractivity contribution in [2.45, 2.75) is 6.92 Å². The molecular formula is C11H14N2O3. The third kappa shape index (κ3) is 3.27. The number of anilines is 1. The lowest BCUT2D eigenvalue weighted by Crippen LogP contribution is -2.36. The van der Waals surface area contributed by atoms with E-state index in [9.17, 15) is 9.59 Å². The van der Waals surface area contributed by atoms with Gasteiger partial charge in [-0.2, -0.15) is 0 Å². The third-order valence-corrected chi connectivity index (χ3v) is 1.87. The number of carbonyl (C=O) groups is 2. The van der Waals surface area contributed by atoms with Crippen LogP contribution in [0.2, 0.25) is 0 Å². The van der Waals surface area contributed by atoms with Crippen LogP contribution in [0.1, 0.15) is 6.92 Å². The minimum atomic E-state index is -0.670. The summed E-state index contributed by atoms with van der Waals surface area (Å²) in [5, 5.41) is 2.57. The minimum absolute atomic E-state index is 0.238. The lowest BCUT2D eigenvalue weighted by Gasteiger charge is -2.15. The van der Waals surface area contributed by atoms with Gasteiger partial charge in [-0.1, -0.05) is 18.2 Å². The quantitative estimate of drug-likeness (QED) is 0.835. The molecular weight excluding hydrogens is 208 g/mol. The Morgan fingerprint density at radius 2 is 1.94 bits per heavy atom. The van der Waals surface area contributed by atoms with Gasteiger partial charge in [0.05, 0.1) is 6.61 Å². The maximum absolute atomic E-state index is 11.5. The van der Waals surface area contributed by atoms with E-state index in [-0.39, 0.29) is 6.61 Å². The monoisotopic (exact) mass is 222 g/mol. The number of imide groups is 1. The minimum Gasteiger partial charge on any atom is -0.449 e. The number of ether oxygens (including phenoxy) is 1. The van der Waals surface area contributed by atoms with Crippen LogP contribution in [-0.4, -0.2) is 30.7 Å². The van der Waals surface area contributed by atoms with E-state index in [4.69, 9.17) is 0 Å². The van der Waals surface area contributed by atoms with Gasteiger partial charge in [0, 0.05) is 12.7 Å². The topological polar surface area (TPSA) is 58.6 Å². The lowest BCUT2D eigenvalue weighted by atomic mass is 10.3. The molecule has 3 amide bonds. The lowest BCUT2D eigenvalue weighted by molar-refractivity contribution is 0.124. The summed E-state index contributed by atoms with van der Waals surface area (Å²) in [4.78, 5) is 23.6. The van der Waals surface area contributed by atoms with Gasteiger partial charge in [0.25, 0.3) is 0 Å². The predicted octanol–water partition coefficient (Wildman–Crippen LogP) is 2.31. The number of hydrogen-bond acceptors (Lipinski definition) is 3. The number of nitrogens with zero attached hydrogens (tertiary/aromatic N) is 1. The van der Waals surface area contributed by atoms with Crippen molar-refractivity contribution in [2.75, 3.05) is 19.0 Å². The zero-order chi connectivity index (χ0) is 12.0. The first-order chi connectivity index (χ1) is 7.65. The molecule has 1 rings (SSSR count). The molecule has 0 atom stereocenters. The molecule has 1 aromatic carbocycles. The maximum Gasteiger partial charge on any atom is 0.417 e. The number of para-hydroxylation sites is 1. The average molecular weight is 222 g/mol. The smallest absolute Gasteiger partial charge is 0.417 e. The maximum atomic E-state index is 11.5. The van der Waals surface area contributed by atoms with Crippen LogP contribution in [0, 0.1) is 0 Å². The fourth-order valence-corrected chi connectivity index (χ4v) is 1.03. The summed E-state index contributed by atoms with van der Waals surface area (Å²) >= 11 is 0. The van der Waals surface area contributed by atoms with Crippen LogP contribution >= 0.6 is 0 Å². The summed E-state index contributed by atoms with van der Waals surface area (Å²) < 4.78 is 4.69. The SMILES string of the molecule is CCOC(=O)N(C)C(=O)Nc1ccccc1. The second-order valence-corrected chi connectivity index (χ2v) is 3.05. The van der Waals surface area contributed by atoms with Crippen LogP contribution in [0.3, 0.4) is 0 Å². The Bertz CT molecular complexity index is 365. The first kappa shape index (κ1) is 12.0. The van der Waals surface area contributed by atoms with E-state index in [1.807, 2.05) is 6.07 Å². The Morgan fingerprint density at radius 1 is 1.31 bits per heavy atom. The number of hydrogen-bond donors (Lipinski definition) is 1. The molecule has 5 nitrogen and oxygen atoms in total. The second-order valence-electron chi connectivity index (χ2n) is 3.05. The Morgan fingerprint density at radius 3 is 2.50 bits per heavy atom. The van der Waals surface area contributed by atoms with Gasteiger partial charge in [-0.15, -0.1) is 0 Å². The summed E-state index contributed by atoms with van der Waals surface area (Å²) in [7, 11) is 1.36. The summed E-state index contributed by atoms with van der Waals surface area (Å²) in [6.07, 6.45) is -0.670. The molecule has 86 valence electrons. The molecule has 0 saturated carbocycles. The number of carbonyl (C=O) groups excluding carboxylic acids is 2. The Hall–Kier alpha value is -2.04. The van der Waals surface area contributed by atoms with Gasteiger partial charge in [0.15, 0.2) is 0 Å². The predicted molar refractivity (Wildman–Crippen MR) is 60.2 cm³/mol. The third-order valence-electron chi connectivity index (χ3n) is 1.87. The molecule has 5 heteroatoms. The van der Waals surface area contributed by atoms with Crippen molar-refractivity contribution in [1.82, 2.24) is 4.90 Å². The van der Waals surface area contributed by atoms with Crippen molar-refractivity contribution < 1.29 is 14.3 Å². The van der Waals surface area contributed by atoms with Crippen LogP contribution in [-0.2, 0) is 4.74 Å². The van der Waals surface area contributed by atoms with E-state index in [1.165, 1.54) is 7.05 Å². The van der Waals surface area contributed by atoms with Gasteiger partial charge < -0.3 is 10.1 Å². The molecule has 0 unspecified atom stereocenters. The van der Waals surface area contributed by atoms with Crippen LogP contribution < -0.4 is 5.32 Å². The first-order valence-corrected chi connectivity index (χ1v) is 4.91. The first-order valence-electron chi connectivity index (χ1n) is 4.91. The summed E-state index contributed by atoms with van der Waals surface area (Å²) in [5.41, 5.74) is 0.628. The molecule has 0 aromatic heterocycles. The Labute approximate surface area is 94.0 Å². The van der Waals surface area contributed by atoms with E-state index in [1.54, 1.807) is 31.2 Å². The van der Waals surface area contributed by atoms with Crippen LogP contribution in [0.15, 0.2) is 30.3 Å². The molecule has 16 heavy (non-hydrogen) atoms. The van der Waals surface area contributed by atoms with E-state index < -0.39 is 12.1 Å². The highest BCUT2D eigenvalue weighted by Gasteiger charge is 2.17. The molecule has 0 spiro atoms. The van der Waals surface area contributed by atoms with Gasteiger partial charge in [-0.3, -0.25) is 0 Å². The van der Waals surface area contributed by atoms with Crippen LogP contribution in [0.4, 0.5) is 15.3 Å². The van der Waals surface area contributed by atoms with Crippen molar-refractivity contribution in [3.8, 4) is 0 Å². The van der Waals surface area contributed by atoms with Crippen molar-refractivity contribution >= 4 is 17.8 Å². The van der Waals surface area contributed by atoms with Crippen LogP contribution in [0.25, 0.3) is 0 Å². The van der Waals surface area contributed by atoms with Gasteiger partial charge in [0.2, 0.25) is 0 Å². The number of urea groups is 1. The zero-order valence-electron chi connectivity index (χ0n) is 9.27. The Balaban J connectivity index is 2.56. The van der Waals surface area contributed by atoms with Crippen molar-refractivity contribution in [3.05, 3.63) is 30.3 Å². The molecule has 0 aliphatic heterocycles.